The zero-order valence-electron chi connectivity index (χ0n) is 12.4. The summed E-state index contributed by atoms with van der Waals surface area (Å²) >= 11 is 0. The molecule has 2 atom stereocenters. The molecular formula is C16H26N2O. The maximum absolute atomic E-state index is 5.19. The molecule has 19 heavy (non-hydrogen) atoms. The first-order valence-corrected chi connectivity index (χ1v) is 7.25. The van der Waals surface area contributed by atoms with Gasteiger partial charge in [0, 0.05) is 12.6 Å². The van der Waals surface area contributed by atoms with Crippen molar-refractivity contribution < 1.29 is 4.74 Å². The lowest BCUT2D eigenvalue weighted by Gasteiger charge is -2.30. The highest BCUT2D eigenvalue weighted by Gasteiger charge is 2.17. The van der Waals surface area contributed by atoms with Crippen LogP contribution in [0.2, 0.25) is 0 Å². The molecule has 1 aromatic carbocycles. The van der Waals surface area contributed by atoms with Crippen molar-refractivity contribution in [2.45, 2.75) is 25.8 Å². The van der Waals surface area contributed by atoms with E-state index in [2.05, 4.69) is 36.3 Å². The lowest BCUT2D eigenvalue weighted by molar-refractivity contribution is 0.203. The van der Waals surface area contributed by atoms with Gasteiger partial charge >= 0.3 is 0 Å². The number of hydrogen-bond acceptors (Lipinski definition) is 3. The van der Waals surface area contributed by atoms with E-state index in [-0.39, 0.29) is 0 Å². The number of piperidine rings is 1. The molecule has 1 aliphatic heterocycles. The van der Waals surface area contributed by atoms with Gasteiger partial charge in [0.1, 0.15) is 5.75 Å². The molecule has 106 valence electrons. The Bertz CT molecular complexity index is 377. The minimum Gasteiger partial charge on any atom is -0.497 e. The van der Waals surface area contributed by atoms with Gasteiger partial charge in [-0.2, -0.15) is 0 Å². The quantitative estimate of drug-likeness (QED) is 0.883. The van der Waals surface area contributed by atoms with Crippen LogP contribution in [-0.4, -0.2) is 38.7 Å². The molecule has 0 saturated carbocycles. The fourth-order valence-corrected chi connectivity index (χ4v) is 2.79. The van der Waals surface area contributed by atoms with Crippen molar-refractivity contribution in [3.8, 4) is 5.75 Å². The number of rotatable bonds is 5. The summed E-state index contributed by atoms with van der Waals surface area (Å²) in [5.41, 5.74) is 1.32. The van der Waals surface area contributed by atoms with Crippen LogP contribution in [0, 0.1) is 5.92 Å². The Balaban J connectivity index is 1.81. The van der Waals surface area contributed by atoms with Gasteiger partial charge in [-0.3, -0.25) is 0 Å². The van der Waals surface area contributed by atoms with Gasteiger partial charge in [-0.1, -0.05) is 12.1 Å². The Labute approximate surface area is 116 Å². The van der Waals surface area contributed by atoms with Crippen molar-refractivity contribution in [1.82, 2.24) is 10.2 Å². The molecule has 1 saturated heterocycles. The Kier molecular flexibility index (Phi) is 5.23. The van der Waals surface area contributed by atoms with Gasteiger partial charge in [-0.15, -0.1) is 0 Å². The van der Waals surface area contributed by atoms with Crippen LogP contribution in [0.25, 0.3) is 0 Å². The van der Waals surface area contributed by atoms with Crippen LogP contribution in [0.5, 0.6) is 5.75 Å². The van der Waals surface area contributed by atoms with E-state index in [1.165, 1.54) is 31.5 Å². The van der Waals surface area contributed by atoms with Crippen molar-refractivity contribution in [2.24, 2.45) is 5.92 Å². The number of benzene rings is 1. The van der Waals surface area contributed by atoms with Crippen LogP contribution < -0.4 is 10.1 Å². The summed E-state index contributed by atoms with van der Waals surface area (Å²) in [7, 11) is 3.93. The summed E-state index contributed by atoms with van der Waals surface area (Å²) < 4.78 is 5.19. The van der Waals surface area contributed by atoms with E-state index < -0.39 is 0 Å². The predicted octanol–water partition coefficient (Wildman–Crippen LogP) is 2.69. The van der Waals surface area contributed by atoms with Crippen molar-refractivity contribution >= 4 is 0 Å². The Morgan fingerprint density at radius 2 is 2.11 bits per heavy atom. The number of ether oxygens (including phenoxy) is 1. The van der Waals surface area contributed by atoms with E-state index in [9.17, 15) is 0 Å². The number of nitrogens with zero attached hydrogens (tertiary/aromatic N) is 1. The summed E-state index contributed by atoms with van der Waals surface area (Å²) in [4.78, 5) is 2.44. The molecule has 3 nitrogen and oxygen atoms in total. The summed E-state index contributed by atoms with van der Waals surface area (Å²) in [6.45, 7) is 5.82. The standard InChI is InChI=1S/C16H26N2O/c1-13(15-6-8-16(19-3)9-7-15)17-11-14-5-4-10-18(2)12-14/h6-9,13-14,17H,4-5,10-12H2,1-3H3/t13-,14?/m1/s1. The van der Waals surface area contributed by atoms with E-state index in [0.29, 0.717) is 6.04 Å². The molecule has 0 bridgehead atoms. The van der Waals surface area contributed by atoms with Gasteiger partial charge in [-0.05, 0) is 63.5 Å². The van der Waals surface area contributed by atoms with Crippen LogP contribution in [0.15, 0.2) is 24.3 Å². The summed E-state index contributed by atoms with van der Waals surface area (Å²) in [5, 5.41) is 3.66. The fraction of sp³-hybridized carbons (Fsp3) is 0.625. The van der Waals surface area contributed by atoms with Gasteiger partial charge in [0.15, 0.2) is 0 Å². The first-order chi connectivity index (χ1) is 9.19. The SMILES string of the molecule is COc1ccc([C@@H](C)NCC2CCCN(C)C2)cc1. The second kappa shape index (κ2) is 6.92. The third-order valence-corrected chi connectivity index (χ3v) is 4.05. The van der Waals surface area contributed by atoms with Crippen molar-refractivity contribution in [1.29, 1.82) is 0 Å². The van der Waals surface area contributed by atoms with Crippen LogP contribution in [0.3, 0.4) is 0 Å². The van der Waals surface area contributed by atoms with Crippen molar-refractivity contribution in [3.05, 3.63) is 29.8 Å². The average molecular weight is 262 g/mol. The highest BCUT2D eigenvalue weighted by molar-refractivity contribution is 5.28. The van der Waals surface area contributed by atoms with E-state index in [4.69, 9.17) is 4.74 Å². The summed E-state index contributed by atoms with van der Waals surface area (Å²) in [5.74, 6) is 1.71. The molecule has 2 rings (SSSR count). The maximum atomic E-state index is 5.19. The van der Waals surface area contributed by atoms with Gasteiger partial charge in [-0.25, -0.2) is 0 Å². The third kappa shape index (κ3) is 4.22. The smallest absolute Gasteiger partial charge is 0.118 e. The lowest BCUT2D eigenvalue weighted by Crippen LogP contribution is -2.37. The number of nitrogens with one attached hydrogen (secondary N) is 1. The topological polar surface area (TPSA) is 24.5 Å². The molecule has 1 heterocycles. The van der Waals surface area contributed by atoms with Crippen LogP contribution in [0.4, 0.5) is 0 Å². The molecule has 0 aromatic heterocycles. The van der Waals surface area contributed by atoms with E-state index in [1.54, 1.807) is 7.11 Å². The monoisotopic (exact) mass is 262 g/mol. The highest BCUT2D eigenvalue weighted by atomic mass is 16.5. The average Bonchev–Trinajstić information content (AvgIpc) is 2.45. The largest absolute Gasteiger partial charge is 0.497 e. The van der Waals surface area contributed by atoms with Crippen molar-refractivity contribution in [3.63, 3.8) is 0 Å². The molecule has 0 radical (unpaired) electrons. The van der Waals surface area contributed by atoms with Crippen molar-refractivity contribution in [2.75, 3.05) is 33.8 Å². The molecule has 1 N–H and O–H groups in total. The van der Waals surface area contributed by atoms with E-state index in [0.717, 1.165) is 18.2 Å². The Morgan fingerprint density at radius 3 is 2.74 bits per heavy atom. The number of hydrogen-bond donors (Lipinski definition) is 1. The minimum absolute atomic E-state index is 0.401. The van der Waals surface area contributed by atoms with Gasteiger partial charge < -0.3 is 15.0 Å². The Morgan fingerprint density at radius 1 is 1.37 bits per heavy atom. The zero-order valence-corrected chi connectivity index (χ0v) is 12.4. The second-order valence-corrected chi connectivity index (χ2v) is 5.67. The fourth-order valence-electron chi connectivity index (χ4n) is 2.79. The molecular weight excluding hydrogens is 236 g/mol. The lowest BCUT2D eigenvalue weighted by atomic mass is 9.97. The first kappa shape index (κ1) is 14.4. The molecule has 1 fully saturated rings. The van der Waals surface area contributed by atoms with E-state index in [1.807, 2.05) is 12.1 Å². The summed E-state index contributed by atoms with van der Waals surface area (Å²) in [6, 6.07) is 8.75. The predicted molar refractivity (Wildman–Crippen MR) is 79.6 cm³/mol. The molecule has 0 amide bonds. The highest BCUT2D eigenvalue weighted by Crippen LogP contribution is 2.19. The molecule has 0 spiro atoms. The molecule has 0 aliphatic carbocycles. The zero-order chi connectivity index (χ0) is 13.7. The second-order valence-electron chi connectivity index (χ2n) is 5.67. The molecule has 3 heteroatoms. The summed E-state index contributed by atoms with van der Waals surface area (Å²) in [6.07, 6.45) is 2.69. The third-order valence-electron chi connectivity index (χ3n) is 4.05. The molecule has 1 aromatic rings. The van der Waals surface area contributed by atoms with Crippen LogP contribution >= 0.6 is 0 Å². The van der Waals surface area contributed by atoms with Crippen LogP contribution in [-0.2, 0) is 0 Å². The van der Waals surface area contributed by atoms with Gasteiger partial charge in [0.2, 0.25) is 0 Å². The molecule has 1 aliphatic rings. The molecule has 1 unspecified atom stereocenters. The minimum atomic E-state index is 0.401. The number of methoxy groups -OCH3 is 1. The van der Waals surface area contributed by atoms with Gasteiger partial charge in [0.05, 0.1) is 7.11 Å². The first-order valence-electron chi connectivity index (χ1n) is 7.25. The van der Waals surface area contributed by atoms with Gasteiger partial charge in [0.25, 0.3) is 0 Å². The Hall–Kier alpha value is -1.06. The maximum Gasteiger partial charge on any atom is 0.118 e. The van der Waals surface area contributed by atoms with Crippen LogP contribution in [0.1, 0.15) is 31.4 Å². The van der Waals surface area contributed by atoms with E-state index >= 15 is 0 Å². The number of likely N-dealkylation sites (tertiary alicyclic amines) is 1. The normalized spacial score (nSPS) is 22.2.